The molecule has 0 aromatic carbocycles. The molecular weight excluding hydrogens is 424 g/mol. The van der Waals surface area contributed by atoms with Gasteiger partial charge in [0.2, 0.25) is 5.91 Å². The van der Waals surface area contributed by atoms with Crippen LogP contribution in [0.25, 0.3) is 0 Å². The molecule has 182 valence electrons. The molecule has 1 aromatic heterocycles. The number of hydrogen-bond acceptors (Lipinski definition) is 6. The van der Waals surface area contributed by atoms with Crippen molar-refractivity contribution in [3.63, 3.8) is 0 Å². The van der Waals surface area contributed by atoms with Crippen LogP contribution in [-0.2, 0) is 20.8 Å². The van der Waals surface area contributed by atoms with Crippen molar-refractivity contribution in [2.45, 2.75) is 59.1 Å². The molecule has 2 aliphatic rings. The Hall–Kier alpha value is -0.990. The standard InChI is InChI=1S/C25H42N2O4S/c1-19-7-8-22(32-19)16-26-10-9-20-14-24(29)27(11-13-30-4)17-23(28)25(2,3)18-31-12-5-6-21(20)15-26/h7-8,20-21,23,28H,5-6,9-18H2,1-4H3/t20-,21-,23-/m0/s1. The molecule has 0 saturated carbocycles. The molecule has 3 heterocycles. The molecule has 1 aromatic rings. The van der Waals surface area contributed by atoms with Crippen molar-refractivity contribution in [2.24, 2.45) is 17.3 Å². The van der Waals surface area contributed by atoms with Gasteiger partial charge in [-0.1, -0.05) is 13.8 Å². The summed E-state index contributed by atoms with van der Waals surface area (Å²) >= 11 is 1.88. The summed E-state index contributed by atoms with van der Waals surface area (Å²) in [6, 6.07) is 4.45. The van der Waals surface area contributed by atoms with Crippen molar-refractivity contribution < 1.29 is 19.4 Å². The maximum atomic E-state index is 13.3. The van der Waals surface area contributed by atoms with Gasteiger partial charge in [0.05, 0.1) is 19.3 Å². The first-order valence-electron chi connectivity index (χ1n) is 12.1. The maximum Gasteiger partial charge on any atom is 0.223 e. The number of ether oxygens (including phenoxy) is 2. The number of aryl methyl sites for hydroxylation is 1. The van der Waals surface area contributed by atoms with Crippen molar-refractivity contribution in [3.05, 3.63) is 21.9 Å². The van der Waals surface area contributed by atoms with Gasteiger partial charge in [-0.15, -0.1) is 11.3 Å². The molecule has 6 nitrogen and oxygen atoms in total. The molecule has 0 bridgehead atoms. The number of hydrogen-bond donors (Lipinski definition) is 1. The minimum atomic E-state index is -0.629. The number of amides is 1. The summed E-state index contributed by atoms with van der Waals surface area (Å²) in [5.41, 5.74) is -0.401. The molecule has 0 aliphatic carbocycles. The number of methoxy groups -OCH3 is 1. The van der Waals surface area contributed by atoms with Crippen LogP contribution in [0.2, 0.25) is 0 Å². The van der Waals surface area contributed by atoms with E-state index in [1.165, 1.54) is 9.75 Å². The van der Waals surface area contributed by atoms with Gasteiger partial charge in [-0.05, 0) is 56.7 Å². The quantitative estimate of drug-likeness (QED) is 0.719. The largest absolute Gasteiger partial charge is 0.391 e. The number of carbonyl (C=O) groups is 1. The van der Waals surface area contributed by atoms with E-state index in [4.69, 9.17) is 9.47 Å². The molecule has 3 atom stereocenters. The summed E-state index contributed by atoms with van der Waals surface area (Å²) in [7, 11) is 1.65. The van der Waals surface area contributed by atoms with Crippen LogP contribution in [0.1, 0.15) is 49.3 Å². The van der Waals surface area contributed by atoms with Gasteiger partial charge < -0.3 is 19.5 Å². The minimum Gasteiger partial charge on any atom is -0.391 e. The molecule has 0 radical (unpaired) electrons. The maximum absolute atomic E-state index is 13.3. The smallest absolute Gasteiger partial charge is 0.223 e. The Morgan fingerprint density at radius 2 is 2.06 bits per heavy atom. The third kappa shape index (κ3) is 7.26. The Balaban J connectivity index is 1.70. The average Bonchev–Trinajstić information content (AvgIpc) is 3.16. The second-order valence-corrected chi connectivity index (χ2v) is 11.7. The molecule has 2 fully saturated rings. The van der Waals surface area contributed by atoms with E-state index >= 15 is 0 Å². The topological polar surface area (TPSA) is 62.2 Å². The summed E-state index contributed by atoms with van der Waals surface area (Å²) in [5, 5.41) is 10.9. The molecule has 1 amide bonds. The van der Waals surface area contributed by atoms with Crippen LogP contribution in [0.3, 0.4) is 0 Å². The van der Waals surface area contributed by atoms with Crippen LogP contribution >= 0.6 is 11.3 Å². The number of nitrogens with zero attached hydrogens (tertiary/aromatic N) is 2. The third-order valence-corrected chi connectivity index (χ3v) is 8.12. The number of fused-ring (bicyclic) bond motifs is 1. The average molecular weight is 467 g/mol. The van der Waals surface area contributed by atoms with Crippen LogP contribution < -0.4 is 0 Å². The van der Waals surface area contributed by atoms with Gasteiger partial charge in [0.1, 0.15) is 0 Å². The molecule has 1 N–H and O–H groups in total. The van der Waals surface area contributed by atoms with E-state index in [9.17, 15) is 9.90 Å². The number of aliphatic hydroxyl groups is 1. The fraction of sp³-hybridized carbons (Fsp3) is 0.800. The van der Waals surface area contributed by atoms with Crippen LogP contribution in [0.4, 0.5) is 0 Å². The predicted octanol–water partition coefficient (Wildman–Crippen LogP) is 3.56. The fourth-order valence-electron chi connectivity index (χ4n) is 4.89. The van der Waals surface area contributed by atoms with E-state index in [0.717, 1.165) is 38.9 Å². The van der Waals surface area contributed by atoms with Gasteiger partial charge in [-0.2, -0.15) is 0 Å². The molecular formula is C25H42N2O4S. The van der Waals surface area contributed by atoms with Gasteiger partial charge in [0, 0.05) is 61.5 Å². The zero-order chi connectivity index (χ0) is 23.1. The number of aliphatic hydroxyl groups excluding tert-OH is 1. The van der Waals surface area contributed by atoms with E-state index in [-0.39, 0.29) is 5.91 Å². The Kier molecular flexibility index (Phi) is 9.56. The monoisotopic (exact) mass is 466 g/mol. The SMILES string of the molecule is COCCN1C[C@H](O)C(C)(C)COCCC[C@H]2CN(Cc3ccc(C)s3)CC[C@H]2CC1=O. The van der Waals surface area contributed by atoms with Crippen molar-refractivity contribution in [2.75, 3.05) is 53.1 Å². The zero-order valence-electron chi connectivity index (χ0n) is 20.3. The highest BCUT2D eigenvalue weighted by atomic mass is 32.1. The summed E-state index contributed by atoms with van der Waals surface area (Å²) in [4.78, 5) is 20.5. The lowest BCUT2D eigenvalue weighted by atomic mass is 9.80. The van der Waals surface area contributed by atoms with E-state index in [2.05, 4.69) is 24.0 Å². The highest BCUT2D eigenvalue weighted by molar-refractivity contribution is 7.11. The molecule has 2 aliphatic heterocycles. The van der Waals surface area contributed by atoms with Crippen molar-refractivity contribution in [1.82, 2.24) is 9.80 Å². The second-order valence-electron chi connectivity index (χ2n) is 10.3. The second kappa shape index (κ2) is 11.9. The highest BCUT2D eigenvalue weighted by Gasteiger charge is 2.35. The van der Waals surface area contributed by atoms with Crippen molar-refractivity contribution >= 4 is 17.2 Å². The number of likely N-dealkylation sites (tertiary alicyclic amines) is 1. The van der Waals surface area contributed by atoms with Crippen LogP contribution in [0, 0.1) is 24.2 Å². The summed E-state index contributed by atoms with van der Waals surface area (Å²) in [6.07, 6.45) is 3.07. The van der Waals surface area contributed by atoms with Gasteiger partial charge in [-0.25, -0.2) is 0 Å². The van der Waals surface area contributed by atoms with Crippen LogP contribution in [-0.4, -0.2) is 80.0 Å². The Morgan fingerprint density at radius 1 is 1.25 bits per heavy atom. The summed E-state index contributed by atoms with van der Waals surface area (Å²) in [5.74, 6) is 1.04. The molecule has 3 rings (SSSR count). The first kappa shape index (κ1) is 25.6. The Labute approximate surface area is 197 Å². The van der Waals surface area contributed by atoms with Crippen LogP contribution in [0.5, 0.6) is 0 Å². The van der Waals surface area contributed by atoms with E-state index in [1.807, 2.05) is 30.1 Å². The van der Waals surface area contributed by atoms with E-state index in [0.29, 0.717) is 51.2 Å². The van der Waals surface area contributed by atoms with Gasteiger partial charge in [0.15, 0.2) is 0 Å². The molecule has 0 unspecified atom stereocenters. The van der Waals surface area contributed by atoms with E-state index in [1.54, 1.807) is 7.11 Å². The molecule has 32 heavy (non-hydrogen) atoms. The van der Waals surface area contributed by atoms with Crippen LogP contribution in [0.15, 0.2) is 12.1 Å². The molecule has 0 spiro atoms. The molecule has 2 saturated heterocycles. The van der Waals surface area contributed by atoms with Gasteiger partial charge >= 0.3 is 0 Å². The third-order valence-electron chi connectivity index (χ3n) is 7.14. The van der Waals surface area contributed by atoms with E-state index < -0.39 is 11.5 Å². The fourth-order valence-corrected chi connectivity index (χ4v) is 5.83. The lowest BCUT2D eigenvalue weighted by Gasteiger charge is -2.39. The highest BCUT2D eigenvalue weighted by Crippen LogP contribution is 2.33. The number of carbonyl (C=O) groups excluding carboxylic acids is 1. The van der Waals surface area contributed by atoms with Gasteiger partial charge in [-0.3, -0.25) is 9.69 Å². The van der Waals surface area contributed by atoms with Crippen molar-refractivity contribution in [1.29, 1.82) is 0 Å². The normalized spacial score (nSPS) is 28.5. The van der Waals surface area contributed by atoms with Crippen molar-refractivity contribution in [3.8, 4) is 0 Å². The number of piperidine rings is 1. The lowest BCUT2D eigenvalue weighted by molar-refractivity contribution is -0.137. The number of rotatable bonds is 5. The number of β-amino-alcohol motifs (C(OH)–C–C–N with tert-alkyl or cyclic N) is 1. The first-order chi connectivity index (χ1) is 15.3. The lowest BCUT2D eigenvalue weighted by Crippen LogP contribution is -2.47. The first-order valence-corrected chi connectivity index (χ1v) is 12.9. The number of thiophene rings is 1. The summed E-state index contributed by atoms with van der Waals surface area (Å²) in [6.45, 7) is 11.8. The Morgan fingerprint density at radius 3 is 2.78 bits per heavy atom. The molecule has 7 heteroatoms. The van der Waals surface area contributed by atoms with Gasteiger partial charge in [0.25, 0.3) is 0 Å². The minimum absolute atomic E-state index is 0.148. The summed E-state index contributed by atoms with van der Waals surface area (Å²) < 4.78 is 11.2. The Bertz CT molecular complexity index is 723. The zero-order valence-corrected chi connectivity index (χ0v) is 21.2. The predicted molar refractivity (Wildman–Crippen MR) is 129 cm³/mol.